The molecule has 1 aromatic carbocycles. The highest BCUT2D eigenvalue weighted by molar-refractivity contribution is 5.77. The predicted molar refractivity (Wildman–Crippen MR) is 85.1 cm³/mol. The number of carbonyl (C=O) groups excluding carboxylic acids is 1. The smallest absolute Gasteiger partial charge is 0.303 e. The summed E-state index contributed by atoms with van der Waals surface area (Å²) in [5.41, 5.74) is 2.04. The van der Waals surface area contributed by atoms with Crippen molar-refractivity contribution in [3.63, 3.8) is 0 Å². The summed E-state index contributed by atoms with van der Waals surface area (Å²) in [5.74, 6) is -0.114. The number of benzene rings is 1. The zero-order valence-electron chi connectivity index (χ0n) is 13.4. The second kappa shape index (κ2) is 9.82. The SMILES string of the molecule is Cc1cccc(C)c1OCC(=O)NCCCCCCC(=O)O. The highest BCUT2D eigenvalue weighted by Gasteiger charge is 2.06. The van der Waals surface area contributed by atoms with Crippen molar-refractivity contribution in [3.05, 3.63) is 29.3 Å². The van der Waals surface area contributed by atoms with E-state index in [-0.39, 0.29) is 18.9 Å². The van der Waals surface area contributed by atoms with Crippen LogP contribution in [-0.2, 0) is 9.59 Å². The number of nitrogens with one attached hydrogen (secondary N) is 1. The Morgan fingerprint density at radius 2 is 1.73 bits per heavy atom. The molecule has 0 spiro atoms. The number of amides is 1. The van der Waals surface area contributed by atoms with Crippen LogP contribution in [0.4, 0.5) is 0 Å². The van der Waals surface area contributed by atoms with Gasteiger partial charge in [0.1, 0.15) is 5.75 Å². The van der Waals surface area contributed by atoms with Crippen LogP contribution in [0.15, 0.2) is 18.2 Å². The Balaban J connectivity index is 2.13. The van der Waals surface area contributed by atoms with Gasteiger partial charge >= 0.3 is 5.97 Å². The molecule has 0 atom stereocenters. The Hall–Kier alpha value is -2.04. The lowest BCUT2D eigenvalue weighted by Gasteiger charge is -2.11. The van der Waals surface area contributed by atoms with E-state index in [4.69, 9.17) is 9.84 Å². The van der Waals surface area contributed by atoms with Gasteiger partial charge in [-0.1, -0.05) is 31.0 Å². The van der Waals surface area contributed by atoms with Crippen molar-refractivity contribution in [1.29, 1.82) is 0 Å². The molecule has 0 saturated heterocycles. The summed E-state index contributed by atoms with van der Waals surface area (Å²) >= 11 is 0. The van der Waals surface area contributed by atoms with Crippen molar-refractivity contribution in [3.8, 4) is 5.75 Å². The number of hydrogen-bond acceptors (Lipinski definition) is 3. The van der Waals surface area contributed by atoms with Gasteiger partial charge in [0.05, 0.1) is 0 Å². The van der Waals surface area contributed by atoms with Gasteiger partial charge in [-0.15, -0.1) is 0 Å². The number of hydrogen-bond donors (Lipinski definition) is 2. The third-order valence-electron chi connectivity index (χ3n) is 3.40. The van der Waals surface area contributed by atoms with Gasteiger partial charge < -0.3 is 15.2 Å². The van der Waals surface area contributed by atoms with Crippen molar-refractivity contribution in [1.82, 2.24) is 5.32 Å². The molecule has 1 rings (SSSR count). The normalized spacial score (nSPS) is 10.3. The lowest BCUT2D eigenvalue weighted by molar-refractivity contribution is -0.137. The molecule has 1 amide bonds. The van der Waals surface area contributed by atoms with E-state index in [1.807, 2.05) is 32.0 Å². The molecule has 5 heteroatoms. The first-order valence-electron chi connectivity index (χ1n) is 7.68. The molecule has 0 radical (unpaired) electrons. The first kappa shape index (κ1) is 18.0. The molecule has 0 aliphatic carbocycles. The molecule has 0 aliphatic rings. The Morgan fingerprint density at radius 3 is 2.36 bits per heavy atom. The molecule has 122 valence electrons. The minimum Gasteiger partial charge on any atom is -0.483 e. The van der Waals surface area contributed by atoms with Crippen LogP contribution in [-0.4, -0.2) is 30.1 Å². The Kier molecular flexibility index (Phi) is 8.04. The van der Waals surface area contributed by atoms with Crippen LogP contribution in [0.25, 0.3) is 0 Å². The molecule has 1 aromatic rings. The summed E-state index contributed by atoms with van der Waals surface area (Å²) in [7, 11) is 0. The topological polar surface area (TPSA) is 75.6 Å². The van der Waals surface area contributed by atoms with E-state index in [2.05, 4.69) is 5.32 Å². The number of ether oxygens (including phenoxy) is 1. The molecule has 5 nitrogen and oxygen atoms in total. The van der Waals surface area contributed by atoms with E-state index in [1.54, 1.807) is 0 Å². The highest BCUT2D eigenvalue weighted by atomic mass is 16.5. The van der Waals surface area contributed by atoms with Crippen molar-refractivity contribution in [2.45, 2.75) is 46.0 Å². The molecule has 0 heterocycles. The van der Waals surface area contributed by atoms with Gasteiger partial charge in [0.15, 0.2) is 6.61 Å². The van der Waals surface area contributed by atoms with E-state index in [0.29, 0.717) is 13.0 Å². The van der Waals surface area contributed by atoms with Crippen molar-refractivity contribution < 1.29 is 19.4 Å². The Morgan fingerprint density at radius 1 is 1.09 bits per heavy atom. The number of unbranched alkanes of at least 4 members (excludes halogenated alkanes) is 3. The minimum absolute atomic E-state index is 0.0186. The lowest BCUT2D eigenvalue weighted by atomic mass is 10.1. The van der Waals surface area contributed by atoms with Gasteiger partial charge in [-0.25, -0.2) is 0 Å². The summed E-state index contributed by atoms with van der Waals surface area (Å²) in [6.07, 6.45) is 3.57. The van der Waals surface area contributed by atoms with Gasteiger partial charge in [0.25, 0.3) is 5.91 Å². The summed E-state index contributed by atoms with van der Waals surface area (Å²) in [5, 5.41) is 11.3. The first-order valence-corrected chi connectivity index (χ1v) is 7.68. The number of aliphatic carboxylic acids is 1. The molecular formula is C17H25NO4. The van der Waals surface area contributed by atoms with E-state index in [1.165, 1.54) is 0 Å². The Labute approximate surface area is 131 Å². The van der Waals surface area contributed by atoms with Crippen LogP contribution in [0.2, 0.25) is 0 Å². The molecule has 0 unspecified atom stereocenters. The van der Waals surface area contributed by atoms with Gasteiger partial charge in [0, 0.05) is 13.0 Å². The predicted octanol–water partition coefficient (Wildman–Crippen LogP) is 2.83. The third kappa shape index (κ3) is 7.11. The van der Waals surface area contributed by atoms with Gasteiger partial charge in [-0.2, -0.15) is 0 Å². The fraction of sp³-hybridized carbons (Fsp3) is 0.529. The zero-order chi connectivity index (χ0) is 16.4. The quantitative estimate of drug-likeness (QED) is 0.652. The molecule has 0 aliphatic heterocycles. The van der Waals surface area contributed by atoms with Crippen LogP contribution >= 0.6 is 0 Å². The second-order valence-corrected chi connectivity index (χ2v) is 5.42. The third-order valence-corrected chi connectivity index (χ3v) is 3.40. The highest BCUT2D eigenvalue weighted by Crippen LogP contribution is 2.21. The van der Waals surface area contributed by atoms with Gasteiger partial charge in [-0.05, 0) is 37.8 Å². The number of para-hydroxylation sites is 1. The summed E-state index contributed by atoms with van der Waals surface area (Å²) < 4.78 is 5.57. The molecule has 2 N–H and O–H groups in total. The Bertz CT molecular complexity index is 479. The zero-order valence-corrected chi connectivity index (χ0v) is 13.4. The second-order valence-electron chi connectivity index (χ2n) is 5.42. The number of carboxylic acids is 1. The summed E-state index contributed by atoms with van der Waals surface area (Å²) in [6, 6.07) is 5.87. The molecule has 0 bridgehead atoms. The van der Waals surface area contributed by atoms with Gasteiger partial charge in [0.2, 0.25) is 0 Å². The lowest BCUT2D eigenvalue weighted by Crippen LogP contribution is -2.29. The number of carbonyl (C=O) groups is 2. The van der Waals surface area contributed by atoms with E-state index in [9.17, 15) is 9.59 Å². The molecular weight excluding hydrogens is 282 g/mol. The molecule has 0 saturated carbocycles. The summed E-state index contributed by atoms with van der Waals surface area (Å²) in [4.78, 5) is 22.0. The van der Waals surface area contributed by atoms with Crippen LogP contribution in [0.3, 0.4) is 0 Å². The number of carboxylic acid groups (broad SMARTS) is 1. The maximum absolute atomic E-state index is 11.7. The van der Waals surface area contributed by atoms with E-state index < -0.39 is 5.97 Å². The van der Waals surface area contributed by atoms with Crippen LogP contribution in [0.5, 0.6) is 5.75 Å². The number of rotatable bonds is 10. The summed E-state index contributed by atoms with van der Waals surface area (Å²) in [6.45, 7) is 4.53. The van der Waals surface area contributed by atoms with Crippen LogP contribution < -0.4 is 10.1 Å². The molecule has 22 heavy (non-hydrogen) atoms. The monoisotopic (exact) mass is 307 g/mol. The molecule has 0 fully saturated rings. The standard InChI is InChI=1S/C17H25NO4/c1-13-8-7-9-14(2)17(13)22-12-15(19)18-11-6-4-3-5-10-16(20)21/h7-9H,3-6,10-12H2,1-2H3,(H,18,19)(H,20,21). The fourth-order valence-corrected chi connectivity index (χ4v) is 2.20. The van der Waals surface area contributed by atoms with Crippen LogP contribution in [0.1, 0.15) is 43.2 Å². The van der Waals surface area contributed by atoms with E-state index >= 15 is 0 Å². The minimum atomic E-state index is -0.753. The van der Waals surface area contributed by atoms with Crippen molar-refractivity contribution >= 4 is 11.9 Å². The molecule has 0 aromatic heterocycles. The maximum Gasteiger partial charge on any atom is 0.303 e. The van der Waals surface area contributed by atoms with Crippen LogP contribution in [0, 0.1) is 13.8 Å². The number of aryl methyl sites for hydroxylation is 2. The fourth-order valence-electron chi connectivity index (χ4n) is 2.20. The first-order chi connectivity index (χ1) is 10.5. The van der Waals surface area contributed by atoms with E-state index in [0.717, 1.165) is 36.1 Å². The van der Waals surface area contributed by atoms with Crippen molar-refractivity contribution in [2.24, 2.45) is 0 Å². The van der Waals surface area contributed by atoms with Crippen molar-refractivity contribution in [2.75, 3.05) is 13.2 Å². The average molecular weight is 307 g/mol. The van der Waals surface area contributed by atoms with Gasteiger partial charge in [-0.3, -0.25) is 9.59 Å². The maximum atomic E-state index is 11.7. The average Bonchev–Trinajstić information content (AvgIpc) is 2.45. The largest absolute Gasteiger partial charge is 0.483 e.